The number of benzene rings is 4. The largest absolute Gasteiger partial charge is 0.497 e. The van der Waals surface area contributed by atoms with Crippen LogP contribution in [0.15, 0.2) is 91.0 Å². The van der Waals surface area contributed by atoms with Gasteiger partial charge in [0.05, 0.1) is 18.1 Å². The predicted molar refractivity (Wildman–Crippen MR) is 136 cm³/mol. The second kappa shape index (κ2) is 9.79. The highest BCUT2D eigenvalue weighted by Crippen LogP contribution is 2.21. The molecule has 5 aromatic rings. The molecule has 34 heavy (non-hydrogen) atoms. The van der Waals surface area contributed by atoms with Gasteiger partial charge in [0.25, 0.3) is 5.91 Å². The molecule has 5 nitrogen and oxygen atoms in total. The first-order valence-corrected chi connectivity index (χ1v) is 11.6. The number of aryl methyl sites for hydroxylation is 1. The fourth-order valence-corrected chi connectivity index (χ4v) is 4.33. The van der Waals surface area contributed by atoms with Crippen molar-refractivity contribution in [2.75, 3.05) is 13.7 Å². The Kier molecular flexibility index (Phi) is 6.25. The van der Waals surface area contributed by atoms with E-state index in [0.29, 0.717) is 17.9 Å². The van der Waals surface area contributed by atoms with Crippen molar-refractivity contribution >= 4 is 27.7 Å². The monoisotopic (exact) mass is 449 g/mol. The Bertz CT molecular complexity index is 1450. The van der Waals surface area contributed by atoms with Crippen LogP contribution in [0, 0.1) is 0 Å². The van der Waals surface area contributed by atoms with Crippen LogP contribution in [0.1, 0.15) is 28.2 Å². The van der Waals surface area contributed by atoms with E-state index in [1.54, 1.807) is 19.2 Å². The smallest absolute Gasteiger partial charge is 0.251 e. The normalized spacial score (nSPS) is 11.1. The molecule has 0 spiro atoms. The zero-order valence-corrected chi connectivity index (χ0v) is 19.2. The third-order valence-electron chi connectivity index (χ3n) is 6.08. The average Bonchev–Trinajstić information content (AvgIpc) is 3.23. The molecule has 0 fully saturated rings. The van der Waals surface area contributed by atoms with E-state index < -0.39 is 0 Å². The maximum absolute atomic E-state index is 12.5. The molecule has 0 bridgehead atoms. The van der Waals surface area contributed by atoms with E-state index in [1.807, 2.05) is 18.2 Å². The number of imidazole rings is 1. The van der Waals surface area contributed by atoms with Gasteiger partial charge in [-0.05, 0) is 59.2 Å². The molecule has 0 unspecified atom stereocenters. The van der Waals surface area contributed by atoms with Gasteiger partial charge in [0, 0.05) is 25.1 Å². The number of ether oxygens (including phenoxy) is 1. The van der Waals surface area contributed by atoms with Gasteiger partial charge in [-0.3, -0.25) is 4.79 Å². The SMILES string of the molecule is COc1cccc(C(=O)NCCCc2nc3ccccc3n2Cc2ccc3ccccc3c2)c1. The molecule has 0 atom stereocenters. The lowest BCUT2D eigenvalue weighted by Crippen LogP contribution is -2.25. The summed E-state index contributed by atoms with van der Waals surface area (Å²) in [5, 5.41) is 5.50. The first-order valence-electron chi connectivity index (χ1n) is 11.6. The van der Waals surface area contributed by atoms with Gasteiger partial charge in [-0.25, -0.2) is 4.98 Å². The van der Waals surface area contributed by atoms with Crippen molar-refractivity contribution < 1.29 is 9.53 Å². The van der Waals surface area contributed by atoms with E-state index in [2.05, 4.69) is 70.5 Å². The summed E-state index contributed by atoms with van der Waals surface area (Å²) in [4.78, 5) is 17.4. The van der Waals surface area contributed by atoms with Gasteiger partial charge < -0.3 is 14.6 Å². The predicted octanol–water partition coefficient (Wildman–Crippen LogP) is 5.61. The lowest BCUT2D eigenvalue weighted by atomic mass is 10.1. The molecule has 170 valence electrons. The Balaban J connectivity index is 1.30. The van der Waals surface area contributed by atoms with Crippen LogP contribution in [-0.2, 0) is 13.0 Å². The molecule has 0 saturated heterocycles. The van der Waals surface area contributed by atoms with Gasteiger partial charge in [-0.1, -0.05) is 54.6 Å². The number of aromatic nitrogens is 2. The van der Waals surface area contributed by atoms with Gasteiger partial charge >= 0.3 is 0 Å². The Morgan fingerprint density at radius 3 is 2.62 bits per heavy atom. The minimum Gasteiger partial charge on any atom is -0.497 e. The summed E-state index contributed by atoms with van der Waals surface area (Å²) in [7, 11) is 1.60. The van der Waals surface area contributed by atoms with Crippen molar-refractivity contribution in [3.63, 3.8) is 0 Å². The van der Waals surface area contributed by atoms with Crippen molar-refractivity contribution in [2.24, 2.45) is 0 Å². The molecule has 1 N–H and O–H groups in total. The molecule has 5 rings (SSSR count). The van der Waals surface area contributed by atoms with Crippen LogP contribution < -0.4 is 10.1 Å². The van der Waals surface area contributed by atoms with Crippen LogP contribution in [0.5, 0.6) is 5.75 Å². The van der Waals surface area contributed by atoms with Gasteiger partial charge in [0.15, 0.2) is 0 Å². The first kappa shape index (κ1) is 21.7. The van der Waals surface area contributed by atoms with Gasteiger partial charge in [-0.2, -0.15) is 0 Å². The maximum atomic E-state index is 12.5. The molecular weight excluding hydrogens is 422 g/mol. The Morgan fingerprint density at radius 2 is 1.74 bits per heavy atom. The number of hydrogen-bond donors (Lipinski definition) is 1. The number of carbonyl (C=O) groups excluding carboxylic acids is 1. The molecule has 0 saturated carbocycles. The minimum absolute atomic E-state index is 0.0939. The highest BCUT2D eigenvalue weighted by molar-refractivity contribution is 5.94. The summed E-state index contributed by atoms with van der Waals surface area (Å²) < 4.78 is 7.51. The zero-order chi connectivity index (χ0) is 23.3. The summed E-state index contributed by atoms with van der Waals surface area (Å²) in [6.07, 6.45) is 1.58. The van der Waals surface area contributed by atoms with Crippen molar-refractivity contribution in [3.8, 4) is 5.75 Å². The number of amides is 1. The first-order chi connectivity index (χ1) is 16.7. The van der Waals surface area contributed by atoms with E-state index in [9.17, 15) is 4.79 Å². The van der Waals surface area contributed by atoms with Gasteiger partial charge in [0.2, 0.25) is 0 Å². The lowest BCUT2D eigenvalue weighted by molar-refractivity contribution is 0.0953. The number of carbonyl (C=O) groups is 1. The van der Waals surface area contributed by atoms with Crippen molar-refractivity contribution in [3.05, 3.63) is 108 Å². The lowest BCUT2D eigenvalue weighted by Gasteiger charge is -2.11. The van der Waals surface area contributed by atoms with Crippen molar-refractivity contribution in [2.45, 2.75) is 19.4 Å². The Hall–Kier alpha value is -4.12. The number of fused-ring (bicyclic) bond motifs is 2. The molecule has 0 aliphatic rings. The second-order valence-corrected chi connectivity index (χ2v) is 8.38. The standard InChI is InChI=1S/C29H27N3O2/c1-34-25-11-6-10-24(19-25)29(33)30-17-7-14-28-31-26-12-4-5-13-27(26)32(28)20-21-15-16-22-8-2-3-9-23(22)18-21/h2-6,8-13,15-16,18-19H,7,14,17,20H2,1H3,(H,30,33). The molecule has 1 heterocycles. The van der Waals surface area contributed by atoms with E-state index in [4.69, 9.17) is 9.72 Å². The molecule has 0 aliphatic carbocycles. The molecule has 1 aromatic heterocycles. The average molecular weight is 450 g/mol. The molecule has 4 aromatic carbocycles. The number of nitrogens with zero attached hydrogens (tertiary/aromatic N) is 2. The second-order valence-electron chi connectivity index (χ2n) is 8.38. The van der Waals surface area contributed by atoms with E-state index in [1.165, 1.54) is 16.3 Å². The Labute approximate surface area is 199 Å². The summed E-state index contributed by atoms with van der Waals surface area (Å²) >= 11 is 0. The van der Waals surface area contributed by atoms with Crippen LogP contribution >= 0.6 is 0 Å². The van der Waals surface area contributed by atoms with Crippen molar-refractivity contribution in [1.82, 2.24) is 14.9 Å². The molecule has 0 aliphatic heterocycles. The van der Waals surface area contributed by atoms with Gasteiger partial charge in [-0.15, -0.1) is 0 Å². The number of nitrogens with one attached hydrogen (secondary N) is 1. The van der Waals surface area contributed by atoms with Crippen LogP contribution in [0.4, 0.5) is 0 Å². The Morgan fingerprint density at radius 1 is 0.912 bits per heavy atom. The highest BCUT2D eigenvalue weighted by Gasteiger charge is 2.12. The number of hydrogen-bond acceptors (Lipinski definition) is 3. The van der Waals surface area contributed by atoms with Crippen LogP contribution in [0.25, 0.3) is 21.8 Å². The topological polar surface area (TPSA) is 56.1 Å². The fourth-order valence-electron chi connectivity index (χ4n) is 4.33. The summed E-state index contributed by atoms with van der Waals surface area (Å²) in [5.74, 6) is 1.61. The molecular formula is C29H27N3O2. The van der Waals surface area contributed by atoms with E-state index in [0.717, 1.165) is 36.2 Å². The quantitative estimate of drug-likeness (QED) is 0.313. The summed E-state index contributed by atoms with van der Waals surface area (Å²) in [5.41, 5.74) is 3.97. The molecule has 1 amide bonds. The number of rotatable bonds is 8. The van der Waals surface area contributed by atoms with E-state index >= 15 is 0 Å². The molecule has 5 heteroatoms. The fraction of sp³-hybridized carbons (Fsp3) is 0.172. The molecule has 0 radical (unpaired) electrons. The van der Waals surface area contributed by atoms with Gasteiger partial charge in [0.1, 0.15) is 11.6 Å². The van der Waals surface area contributed by atoms with E-state index in [-0.39, 0.29) is 5.91 Å². The van der Waals surface area contributed by atoms with Crippen LogP contribution in [0.2, 0.25) is 0 Å². The highest BCUT2D eigenvalue weighted by atomic mass is 16.5. The third-order valence-corrected chi connectivity index (χ3v) is 6.08. The number of para-hydroxylation sites is 2. The minimum atomic E-state index is -0.0939. The summed E-state index contributed by atoms with van der Waals surface area (Å²) in [6, 6.07) is 30.5. The van der Waals surface area contributed by atoms with Crippen LogP contribution in [-0.4, -0.2) is 29.1 Å². The summed E-state index contributed by atoms with van der Waals surface area (Å²) in [6.45, 7) is 1.34. The number of methoxy groups -OCH3 is 1. The van der Waals surface area contributed by atoms with Crippen molar-refractivity contribution in [1.29, 1.82) is 0 Å². The zero-order valence-electron chi connectivity index (χ0n) is 19.2. The third kappa shape index (κ3) is 4.64. The maximum Gasteiger partial charge on any atom is 0.251 e. The van der Waals surface area contributed by atoms with Crippen LogP contribution in [0.3, 0.4) is 0 Å².